The van der Waals surface area contributed by atoms with Crippen LogP contribution in [0.5, 0.6) is 0 Å². The van der Waals surface area contributed by atoms with E-state index in [0.717, 1.165) is 0 Å². The Bertz CT molecular complexity index is 3010. The first kappa shape index (κ1) is 35.0. The molecule has 280 valence electrons. The lowest BCUT2D eigenvalue weighted by Gasteiger charge is -2.34. The fourth-order valence-corrected chi connectivity index (χ4v) is 19.6. The smallest absolute Gasteiger partial charge is 0.179 e. The predicted octanol–water partition coefficient (Wildman–Crippen LogP) is 10.7. The summed E-state index contributed by atoms with van der Waals surface area (Å²) in [6.07, 6.45) is 4.09. The van der Waals surface area contributed by atoms with Gasteiger partial charge in [-0.25, -0.2) is 0 Å². The summed E-state index contributed by atoms with van der Waals surface area (Å²) in [5.41, 5.74) is 7.57. The highest BCUT2D eigenvalue weighted by Gasteiger charge is 2.41. The molecule has 1 aliphatic heterocycles. The van der Waals surface area contributed by atoms with Crippen molar-refractivity contribution in [2.75, 3.05) is 0 Å². The summed E-state index contributed by atoms with van der Waals surface area (Å²) in [4.78, 5) is 0. The summed E-state index contributed by atoms with van der Waals surface area (Å²) in [6, 6.07) is 78.5. The van der Waals surface area contributed by atoms with Crippen LogP contribution in [0.2, 0.25) is 18.6 Å². The third-order valence-corrected chi connectivity index (χ3v) is 22.8. The summed E-state index contributed by atoms with van der Waals surface area (Å²) in [5, 5.41) is 12.3. The zero-order valence-electron chi connectivity index (χ0n) is 33.0. The van der Waals surface area contributed by atoms with Crippen molar-refractivity contribution in [1.82, 2.24) is 9.13 Å². The minimum atomic E-state index is -2.71. The van der Waals surface area contributed by atoms with Crippen molar-refractivity contribution in [2.24, 2.45) is 0 Å². The summed E-state index contributed by atoms with van der Waals surface area (Å²) in [7, 11) is -4.36. The average Bonchev–Trinajstić information content (AvgIpc) is 3.80. The molecule has 58 heavy (non-hydrogen) atoms. The van der Waals surface area contributed by atoms with Gasteiger partial charge in [0.25, 0.3) is 0 Å². The van der Waals surface area contributed by atoms with Gasteiger partial charge in [0.2, 0.25) is 0 Å². The second-order valence-corrected chi connectivity index (χ2v) is 25.1. The lowest BCUT2D eigenvalue weighted by Crippen LogP contribution is -2.74. The third kappa shape index (κ3) is 5.35. The Hall–Kier alpha value is -6.21. The van der Waals surface area contributed by atoms with E-state index in [1.807, 2.05) is 0 Å². The van der Waals surface area contributed by atoms with Crippen LogP contribution in [0.4, 0.5) is 0 Å². The second-order valence-electron chi connectivity index (χ2n) is 16.6. The fraction of sp³-hybridized carbons (Fsp3) is 0.111. The Labute approximate surface area is 342 Å². The Kier molecular flexibility index (Phi) is 8.46. The highest BCUT2D eigenvalue weighted by atomic mass is 28.3. The summed E-state index contributed by atoms with van der Waals surface area (Å²) >= 11 is 0. The molecule has 3 heterocycles. The Balaban J connectivity index is 1.17. The molecule has 0 amide bonds. The van der Waals surface area contributed by atoms with Crippen molar-refractivity contribution in [3.63, 3.8) is 0 Å². The van der Waals surface area contributed by atoms with Crippen LogP contribution in [0.15, 0.2) is 200 Å². The van der Waals surface area contributed by atoms with Crippen molar-refractivity contribution in [2.45, 2.75) is 37.9 Å². The van der Waals surface area contributed by atoms with Gasteiger partial charge in [-0.05, 0) is 62.3 Å². The lowest BCUT2D eigenvalue weighted by molar-refractivity contribution is 0.717. The van der Waals surface area contributed by atoms with Crippen molar-refractivity contribution in [3.8, 4) is 11.4 Å². The fourth-order valence-electron chi connectivity index (χ4n) is 10.7. The molecule has 0 saturated carbocycles. The number of fused-ring (bicyclic) bond motifs is 6. The molecule has 1 aliphatic rings. The van der Waals surface area contributed by atoms with Crippen LogP contribution in [0.1, 0.15) is 19.3 Å². The number of hydrogen-bond donors (Lipinski definition) is 0. The maximum Gasteiger partial charge on any atom is 0.179 e. The maximum atomic E-state index is 2.64. The molecule has 0 atom stereocenters. The molecule has 8 aromatic carbocycles. The normalized spacial score (nSPS) is 14.4. The van der Waals surface area contributed by atoms with E-state index in [9.17, 15) is 0 Å². The van der Waals surface area contributed by atoms with E-state index < -0.39 is 16.1 Å². The Morgan fingerprint density at radius 3 is 1.52 bits per heavy atom. The highest BCUT2D eigenvalue weighted by molar-refractivity contribution is 7.20. The molecular formula is C54H46N2Si2. The van der Waals surface area contributed by atoms with E-state index in [0.29, 0.717) is 0 Å². The van der Waals surface area contributed by atoms with Gasteiger partial charge >= 0.3 is 0 Å². The predicted molar refractivity (Wildman–Crippen MR) is 253 cm³/mol. The molecule has 10 aromatic rings. The number of rotatable bonds is 7. The van der Waals surface area contributed by atoms with E-state index in [1.54, 1.807) is 5.19 Å². The molecular weight excluding hydrogens is 733 g/mol. The second kappa shape index (κ2) is 14.0. The molecule has 1 saturated heterocycles. The van der Waals surface area contributed by atoms with Crippen molar-refractivity contribution >= 4 is 85.7 Å². The molecule has 2 nitrogen and oxygen atoms in total. The van der Waals surface area contributed by atoms with Gasteiger partial charge in [-0.1, -0.05) is 202 Å². The molecule has 0 bridgehead atoms. The molecule has 0 unspecified atom stereocenters. The van der Waals surface area contributed by atoms with Gasteiger partial charge in [-0.15, -0.1) is 0 Å². The largest absolute Gasteiger partial charge is 0.309 e. The standard InChI is InChI=1S/C54H46N2Si2/c1-57(36-18-5-19-37-57)54-31-17-16-30-52(54)56-50-29-15-12-26-45(50)47-34-32-40(38-53(47)56)55-49-28-14-13-27-46(49)48-39-44(33-35-51(48)55)58(41-20-6-2-7-21-41,42-22-8-3-9-23-42)43-24-10-4-11-25-43/h2-4,6-17,20-35,38-39H,5,18-19,36-37H2,1H3. The highest BCUT2D eigenvalue weighted by Crippen LogP contribution is 2.38. The first-order valence-electron chi connectivity index (χ1n) is 21.0. The van der Waals surface area contributed by atoms with Crippen LogP contribution in [-0.4, -0.2) is 25.3 Å². The monoisotopic (exact) mass is 778 g/mol. The molecule has 0 spiro atoms. The number of benzene rings is 8. The number of para-hydroxylation sites is 3. The molecule has 1 fully saturated rings. The van der Waals surface area contributed by atoms with E-state index >= 15 is 0 Å². The average molecular weight is 779 g/mol. The molecule has 11 rings (SSSR count). The molecule has 0 N–H and O–H groups in total. The topological polar surface area (TPSA) is 9.86 Å². The number of aromatic nitrogens is 2. The van der Waals surface area contributed by atoms with Gasteiger partial charge in [0.05, 0.1) is 30.1 Å². The summed E-state index contributed by atoms with van der Waals surface area (Å²) in [5.74, 6) is 0. The summed E-state index contributed by atoms with van der Waals surface area (Å²) in [6.45, 7) is 2.64. The van der Waals surface area contributed by atoms with Crippen molar-refractivity contribution in [3.05, 3.63) is 200 Å². The maximum absolute atomic E-state index is 2.71. The van der Waals surface area contributed by atoms with Crippen LogP contribution in [0.25, 0.3) is 55.0 Å². The third-order valence-electron chi connectivity index (χ3n) is 13.4. The van der Waals surface area contributed by atoms with Crippen molar-refractivity contribution < 1.29 is 0 Å². The number of hydrogen-bond acceptors (Lipinski definition) is 0. The van der Waals surface area contributed by atoms with Crippen molar-refractivity contribution in [1.29, 1.82) is 0 Å². The lowest BCUT2D eigenvalue weighted by atomic mass is 10.1. The first-order chi connectivity index (χ1) is 28.6. The van der Waals surface area contributed by atoms with Crippen LogP contribution < -0.4 is 25.9 Å². The zero-order valence-corrected chi connectivity index (χ0v) is 35.0. The van der Waals surface area contributed by atoms with Crippen LogP contribution in [0.3, 0.4) is 0 Å². The van der Waals surface area contributed by atoms with E-state index in [1.165, 1.54) is 107 Å². The van der Waals surface area contributed by atoms with Crippen LogP contribution >= 0.6 is 0 Å². The minimum Gasteiger partial charge on any atom is -0.309 e. The van der Waals surface area contributed by atoms with Gasteiger partial charge in [-0.2, -0.15) is 0 Å². The van der Waals surface area contributed by atoms with Gasteiger partial charge in [-0.3, -0.25) is 0 Å². The first-order valence-corrected chi connectivity index (χ1v) is 25.9. The van der Waals surface area contributed by atoms with Crippen LogP contribution in [-0.2, 0) is 0 Å². The molecule has 0 radical (unpaired) electrons. The van der Waals surface area contributed by atoms with E-state index in [2.05, 4.69) is 216 Å². The van der Waals surface area contributed by atoms with E-state index in [-0.39, 0.29) is 0 Å². The summed E-state index contributed by atoms with van der Waals surface area (Å²) < 4.78 is 5.11. The minimum absolute atomic E-state index is 1.19. The Morgan fingerprint density at radius 1 is 0.379 bits per heavy atom. The quantitative estimate of drug-likeness (QED) is 0.113. The zero-order chi connectivity index (χ0) is 38.7. The Morgan fingerprint density at radius 2 is 0.879 bits per heavy atom. The molecule has 4 heteroatoms. The van der Waals surface area contributed by atoms with Gasteiger partial charge in [0, 0.05) is 32.9 Å². The van der Waals surface area contributed by atoms with Gasteiger partial charge < -0.3 is 9.13 Å². The van der Waals surface area contributed by atoms with Gasteiger partial charge in [0.1, 0.15) is 0 Å². The van der Waals surface area contributed by atoms with Crippen LogP contribution in [0, 0.1) is 0 Å². The molecule has 2 aromatic heterocycles. The van der Waals surface area contributed by atoms with Gasteiger partial charge in [0.15, 0.2) is 8.07 Å². The van der Waals surface area contributed by atoms with E-state index in [4.69, 9.17) is 0 Å². The molecule has 0 aliphatic carbocycles. The SMILES string of the molecule is C[Si]1(c2ccccc2-n2c3ccccc3c3ccc(-n4c5ccccc5c5cc([Si](c6ccccc6)(c6ccccc6)c6ccccc6)ccc54)cc32)CCCCC1. The number of nitrogens with zero attached hydrogens (tertiary/aromatic N) is 2.